The largest absolute Gasteiger partial charge is 0.310 e. The van der Waals surface area contributed by atoms with Crippen molar-refractivity contribution < 1.29 is 0 Å². The first-order valence-corrected chi connectivity index (χ1v) is 8.12. The van der Waals surface area contributed by atoms with Crippen LogP contribution in [0.4, 0.5) is 0 Å². The highest BCUT2D eigenvalue weighted by atomic mass is 32.1. The minimum absolute atomic E-state index is 0.250. The second-order valence-corrected chi connectivity index (χ2v) is 6.80. The van der Waals surface area contributed by atoms with E-state index >= 15 is 0 Å². The summed E-state index contributed by atoms with van der Waals surface area (Å²) in [5.41, 5.74) is 5.51. The van der Waals surface area contributed by atoms with Gasteiger partial charge >= 0.3 is 0 Å². The lowest BCUT2D eigenvalue weighted by atomic mass is 10.0. The van der Waals surface area contributed by atoms with Gasteiger partial charge in [-0.25, -0.2) is 0 Å². The predicted octanol–water partition coefficient (Wildman–Crippen LogP) is 4.35. The van der Waals surface area contributed by atoms with Crippen LogP contribution in [0.5, 0.6) is 0 Å². The van der Waals surface area contributed by atoms with E-state index in [0.29, 0.717) is 0 Å². The summed E-state index contributed by atoms with van der Waals surface area (Å²) in [4.78, 5) is 1.42. The summed E-state index contributed by atoms with van der Waals surface area (Å²) < 4.78 is 2.36. The maximum Gasteiger partial charge on any atom is 0.104 e. The number of benzene rings is 1. The highest BCUT2D eigenvalue weighted by Crippen LogP contribution is 2.37. The molecule has 0 fully saturated rings. The molecule has 1 aliphatic heterocycles. The molecule has 0 spiro atoms. The van der Waals surface area contributed by atoms with E-state index in [1.165, 1.54) is 32.3 Å². The zero-order valence-corrected chi connectivity index (χ0v) is 13.1. The molecule has 0 radical (unpaired) electrons. The summed E-state index contributed by atoms with van der Waals surface area (Å²) in [6.07, 6.45) is 2.19. The van der Waals surface area contributed by atoms with Crippen LogP contribution in [0.1, 0.15) is 33.3 Å². The van der Waals surface area contributed by atoms with Crippen LogP contribution in [-0.2, 0) is 6.54 Å². The summed E-state index contributed by atoms with van der Waals surface area (Å²) >= 11 is 1.90. The first kappa shape index (κ1) is 12.9. The van der Waals surface area contributed by atoms with E-state index in [0.717, 1.165) is 6.54 Å². The number of rotatable bonds is 1. The number of nitrogens with one attached hydrogen (secondary N) is 1. The van der Waals surface area contributed by atoms with Gasteiger partial charge in [-0.1, -0.05) is 30.3 Å². The summed E-state index contributed by atoms with van der Waals surface area (Å²) in [6, 6.07) is 15.3. The van der Waals surface area contributed by atoms with Crippen LogP contribution >= 0.6 is 11.3 Å². The van der Waals surface area contributed by atoms with E-state index < -0.39 is 0 Å². The second-order valence-electron chi connectivity index (χ2n) is 5.59. The van der Waals surface area contributed by atoms with Crippen molar-refractivity contribution in [2.45, 2.75) is 26.4 Å². The van der Waals surface area contributed by atoms with Crippen molar-refractivity contribution in [2.75, 3.05) is 0 Å². The van der Waals surface area contributed by atoms with E-state index in [9.17, 15) is 0 Å². The van der Waals surface area contributed by atoms with Crippen molar-refractivity contribution in [2.24, 2.45) is 0 Å². The summed E-state index contributed by atoms with van der Waals surface area (Å²) in [7, 11) is 0. The van der Waals surface area contributed by atoms with E-state index in [4.69, 9.17) is 0 Å². The molecule has 21 heavy (non-hydrogen) atoms. The average molecular weight is 294 g/mol. The molecule has 3 aromatic rings. The van der Waals surface area contributed by atoms with Crippen LogP contribution in [0.15, 0.2) is 48.7 Å². The lowest BCUT2D eigenvalue weighted by Gasteiger charge is -2.18. The van der Waals surface area contributed by atoms with Crippen LogP contribution < -0.4 is 5.32 Å². The van der Waals surface area contributed by atoms with Crippen molar-refractivity contribution in [3.8, 4) is 5.00 Å². The molecule has 0 saturated heterocycles. The number of thiophene rings is 1. The molecule has 0 bridgehead atoms. The molecule has 0 amide bonds. The molecule has 1 aliphatic rings. The van der Waals surface area contributed by atoms with Crippen LogP contribution in [0.3, 0.4) is 0 Å². The topological polar surface area (TPSA) is 17.0 Å². The fraction of sp³-hybridized carbons (Fsp3) is 0.222. The number of aromatic nitrogens is 1. The SMILES string of the molecule is Cc1sc2c(c1C)CNC(c1ccccc1)c1cccn1-2. The van der Waals surface area contributed by atoms with Gasteiger partial charge in [0.05, 0.1) is 6.04 Å². The first-order chi connectivity index (χ1) is 10.3. The Morgan fingerprint density at radius 1 is 1.10 bits per heavy atom. The summed E-state index contributed by atoms with van der Waals surface area (Å²) in [6.45, 7) is 5.37. The van der Waals surface area contributed by atoms with Gasteiger partial charge in [0.15, 0.2) is 0 Å². The molecule has 1 atom stereocenters. The van der Waals surface area contributed by atoms with E-state index in [2.05, 4.69) is 72.4 Å². The Balaban J connectivity index is 1.89. The van der Waals surface area contributed by atoms with Crippen molar-refractivity contribution in [3.63, 3.8) is 0 Å². The average Bonchev–Trinajstić information content (AvgIpc) is 3.04. The smallest absolute Gasteiger partial charge is 0.104 e. The molecule has 106 valence electrons. The van der Waals surface area contributed by atoms with Gasteiger partial charge in [-0.2, -0.15) is 0 Å². The maximum atomic E-state index is 3.74. The molecule has 1 aromatic carbocycles. The Bertz CT molecular complexity index is 783. The third-order valence-corrected chi connectivity index (χ3v) is 5.65. The van der Waals surface area contributed by atoms with Gasteiger partial charge in [-0.3, -0.25) is 0 Å². The van der Waals surface area contributed by atoms with E-state index in [-0.39, 0.29) is 6.04 Å². The van der Waals surface area contributed by atoms with Crippen molar-refractivity contribution in [1.29, 1.82) is 0 Å². The van der Waals surface area contributed by atoms with E-state index in [1.807, 2.05) is 11.3 Å². The fourth-order valence-corrected chi connectivity index (χ4v) is 4.30. The van der Waals surface area contributed by atoms with Gasteiger partial charge in [0.2, 0.25) is 0 Å². The quantitative estimate of drug-likeness (QED) is 0.706. The Labute approximate surface area is 129 Å². The number of hydrogen-bond donors (Lipinski definition) is 1. The molecule has 0 aliphatic carbocycles. The minimum atomic E-state index is 0.250. The normalized spacial score (nSPS) is 17.1. The number of aryl methyl sites for hydroxylation is 1. The zero-order chi connectivity index (χ0) is 14.4. The second kappa shape index (κ2) is 4.86. The summed E-state index contributed by atoms with van der Waals surface area (Å²) in [5, 5.41) is 5.11. The maximum absolute atomic E-state index is 3.74. The lowest BCUT2D eigenvalue weighted by Crippen LogP contribution is -2.21. The van der Waals surface area contributed by atoms with Gasteiger partial charge in [0.1, 0.15) is 5.00 Å². The molecule has 4 rings (SSSR count). The van der Waals surface area contributed by atoms with Gasteiger partial charge < -0.3 is 9.88 Å². The molecule has 1 N–H and O–H groups in total. The molecular weight excluding hydrogens is 276 g/mol. The third kappa shape index (κ3) is 1.96. The van der Waals surface area contributed by atoms with E-state index in [1.54, 1.807) is 0 Å². The van der Waals surface area contributed by atoms with Gasteiger partial charge in [0.25, 0.3) is 0 Å². The van der Waals surface area contributed by atoms with Crippen LogP contribution in [-0.4, -0.2) is 4.57 Å². The number of fused-ring (bicyclic) bond motifs is 3. The van der Waals surface area contributed by atoms with Crippen molar-refractivity contribution in [3.05, 3.63) is 75.9 Å². The summed E-state index contributed by atoms with van der Waals surface area (Å²) in [5.74, 6) is 0. The number of hydrogen-bond acceptors (Lipinski definition) is 2. The molecular formula is C18H18N2S. The Morgan fingerprint density at radius 3 is 2.71 bits per heavy atom. The van der Waals surface area contributed by atoms with Crippen LogP contribution in [0.2, 0.25) is 0 Å². The van der Waals surface area contributed by atoms with Crippen LogP contribution in [0.25, 0.3) is 5.00 Å². The van der Waals surface area contributed by atoms with Crippen molar-refractivity contribution in [1.82, 2.24) is 9.88 Å². The first-order valence-electron chi connectivity index (χ1n) is 7.30. The van der Waals surface area contributed by atoms with Gasteiger partial charge in [-0.05, 0) is 37.1 Å². The van der Waals surface area contributed by atoms with Crippen molar-refractivity contribution >= 4 is 11.3 Å². The monoisotopic (exact) mass is 294 g/mol. The zero-order valence-electron chi connectivity index (χ0n) is 12.3. The molecule has 3 heteroatoms. The molecule has 0 saturated carbocycles. The predicted molar refractivity (Wildman–Crippen MR) is 88.2 cm³/mol. The molecule has 1 unspecified atom stereocenters. The highest BCUT2D eigenvalue weighted by molar-refractivity contribution is 7.14. The van der Waals surface area contributed by atoms with Gasteiger partial charge in [0, 0.05) is 28.9 Å². The number of nitrogens with zero attached hydrogens (tertiary/aromatic N) is 1. The highest BCUT2D eigenvalue weighted by Gasteiger charge is 2.25. The van der Waals surface area contributed by atoms with Crippen LogP contribution in [0, 0.1) is 13.8 Å². The van der Waals surface area contributed by atoms with Gasteiger partial charge in [-0.15, -0.1) is 11.3 Å². The fourth-order valence-electron chi connectivity index (χ4n) is 3.12. The molecule has 3 heterocycles. The minimum Gasteiger partial charge on any atom is -0.310 e. The Kier molecular flexibility index (Phi) is 2.98. The standard InChI is InChI=1S/C18H18N2S/c1-12-13(2)21-18-15(12)11-19-17(14-7-4-3-5-8-14)16-9-6-10-20(16)18/h3-10,17,19H,11H2,1-2H3. The Hall–Kier alpha value is -1.84. The lowest BCUT2D eigenvalue weighted by molar-refractivity contribution is 0.600. The third-order valence-electron chi connectivity index (χ3n) is 4.40. The molecule has 2 nitrogen and oxygen atoms in total. The Morgan fingerprint density at radius 2 is 1.90 bits per heavy atom. The molecule has 2 aromatic heterocycles.